The molecule has 422 valence electrons. The Morgan fingerprint density at radius 1 is 0.486 bits per heavy atom. The van der Waals surface area contributed by atoms with E-state index >= 15 is 0 Å². The lowest BCUT2D eigenvalue weighted by Gasteiger charge is -2.23. The van der Waals surface area contributed by atoms with Crippen molar-refractivity contribution < 1.29 is 19.1 Å². The van der Waals surface area contributed by atoms with E-state index in [0.717, 1.165) is 135 Å². The highest BCUT2D eigenvalue weighted by Crippen LogP contribution is 2.20. The van der Waals surface area contributed by atoms with Crippen LogP contribution in [0, 0.1) is 5.92 Å². The smallest absolute Gasteiger partial charge is 0.306 e. The maximum atomic E-state index is 12.9. The summed E-state index contributed by atoms with van der Waals surface area (Å²) in [5, 5.41) is 6.02. The molecular weight excluding hydrogens is 895 g/mol. The molecule has 1 rings (SSSR count). The minimum atomic E-state index is -0.440. The van der Waals surface area contributed by atoms with Gasteiger partial charge in [0.15, 0.2) is 0 Å². The Kier molecular flexibility index (Phi) is 49.9. The Balaban J connectivity index is 0.00000405. The number of carbonyl (C=O) groups excluding carboxylic acids is 2. The van der Waals surface area contributed by atoms with Gasteiger partial charge in [-0.2, -0.15) is 0 Å². The van der Waals surface area contributed by atoms with E-state index in [2.05, 4.69) is 63.7 Å². The van der Waals surface area contributed by atoms with Gasteiger partial charge in [0.2, 0.25) is 0 Å². The van der Waals surface area contributed by atoms with E-state index in [1.165, 1.54) is 140 Å². The highest BCUT2D eigenvalue weighted by Gasteiger charge is 2.19. The second kappa shape index (κ2) is 51.8. The van der Waals surface area contributed by atoms with Gasteiger partial charge in [-0.15, -0.1) is 0 Å². The van der Waals surface area contributed by atoms with Gasteiger partial charge in [0.05, 0.1) is 6.61 Å². The predicted molar refractivity (Wildman–Crippen MR) is 313 cm³/mol. The first-order valence-corrected chi connectivity index (χ1v) is 31.1. The molecule has 0 amide bonds. The molecule has 9 heteroatoms. The molecule has 2 N–H and O–H groups in total. The third-order valence-electron chi connectivity index (χ3n) is 14.8. The summed E-state index contributed by atoms with van der Waals surface area (Å²) in [7, 11) is 1.67. The third kappa shape index (κ3) is 40.7. The van der Waals surface area contributed by atoms with Crippen LogP contribution in [0.3, 0.4) is 0 Å². The monoisotopic (exact) mass is 1010 g/mol. The molecule has 1 unspecified atom stereocenters. The number of nitrogens with one attached hydrogen (secondary N) is 2. The van der Waals surface area contributed by atoms with Crippen LogP contribution >= 0.6 is 0 Å². The van der Waals surface area contributed by atoms with E-state index < -0.39 is 10.9 Å². The average Bonchev–Trinajstić information content (AvgIpc) is 3.38. The Morgan fingerprint density at radius 2 is 0.889 bits per heavy atom. The quantitative estimate of drug-likeness (QED) is 0.0285. The van der Waals surface area contributed by atoms with Crippen molar-refractivity contribution in [2.24, 2.45) is 5.92 Å². The molecule has 1 atom stereocenters. The van der Waals surface area contributed by atoms with E-state index in [1.807, 2.05) is 0 Å². The summed E-state index contributed by atoms with van der Waals surface area (Å²) in [5.41, 5.74) is 1.36. The Labute approximate surface area is 445 Å². The van der Waals surface area contributed by atoms with Gasteiger partial charge in [-0.25, -0.2) is 0 Å². The topological polar surface area (TPSA) is 114 Å². The van der Waals surface area contributed by atoms with Crippen molar-refractivity contribution in [3.63, 3.8) is 0 Å². The molecule has 0 aliphatic heterocycles. The van der Waals surface area contributed by atoms with Crippen molar-refractivity contribution >= 4 is 23.3 Å². The first-order chi connectivity index (χ1) is 35.1. The highest BCUT2D eigenvalue weighted by molar-refractivity contribution is 5.73. The summed E-state index contributed by atoms with van der Waals surface area (Å²) >= 11 is 0. The lowest BCUT2D eigenvalue weighted by molar-refractivity contribution is -0.150. The van der Waals surface area contributed by atoms with Crippen LogP contribution in [-0.4, -0.2) is 62.8 Å². The van der Waals surface area contributed by atoms with Crippen LogP contribution in [-0.2, 0) is 19.1 Å². The van der Waals surface area contributed by atoms with E-state index in [9.17, 15) is 19.2 Å². The Morgan fingerprint density at radius 3 is 1.36 bits per heavy atom. The first kappa shape index (κ1) is 69.3. The van der Waals surface area contributed by atoms with Crippen molar-refractivity contribution in [1.29, 1.82) is 0 Å². The average molecular weight is 1010 g/mol. The van der Waals surface area contributed by atoms with Crippen LogP contribution in [0.5, 0.6) is 0 Å². The van der Waals surface area contributed by atoms with Gasteiger partial charge >= 0.3 is 11.9 Å². The number of hydrogen-bond donors (Lipinski definition) is 2. The molecular formula is C63H119N3O6. The van der Waals surface area contributed by atoms with Gasteiger partial charge < -0.3 is 25.0 Å². The molecule has 0 aliphatic rings. The van der Waals surface area contributed by atoms with Crippen LogP contribution in [0.15, 0.2) is 21.7 Å². The molecule has 1 aromatic carbocycles. The largest absolute Gasteiger partial charge is 0.465 e. The van der Waals surface area contributed by atoms with Crippen LogP contribution in [0.2, 0.25) is 0 Å². The Bertz CT molecular complexity index is 1440. The van der Waals surface area contributed by atoms with E-state index in [1.54, 1.807) is 7.05 Å². The van der Waals surface area contributed by atoms with Crippen LogP contribution in [0.1, 0.15) is 305 Å². The number of anilines is 2. The van der Waals surface area contributed by atoms with Crippen molar-refractivity contribution in [2.45, 2.75) is 311 Å². The van der Waals surface area contributed by atoms with Gasteiger partial charge in [0, 0.05) is 26.4 Å². The summed E-state index contributed by atoms with van der Waals surface area (Å²) in [6.45, 7) is 21.6. The third-order valence-corrected chi connectivity index (χ3v) is 14.8. The second-order valence-corrected chi connectivity index (χ2v) is 21.5. The molecule has 9 nitrogen and oxygen atoms in total. The molecule has 0 heterocycles. The fourth-order valence-corrected chi connectivity index (χ4v) is 9.61. The first-order valence-electron chi connectivity index (χ1n) is 31.1. The highest BCUT2D eigenvalue weighted by atomic mass is 16.5. The molecule has 0 aromatic heterocycles. The number of ether oxygens (including phenoxy) is 2. The van der Waals surface area contributed by atoms with Crippen molar-refractivity contribution in [3.05, 3.63) is 32.6 Å². The van der Waals surface area contributed by atoms with Gasteiger partial charge in [-0.1, -0.05) is 221 Å². The number of rotatable bonds is 53. The van der Waals surface area contributed by atoms with Crippen LogP contribution in [0.4, 0.5) is 11.4 Å². The van der Waals surface area contributed by atoms with Gasteiger partial charge in [0.25, 0.3) is 10.9 Å². The number of allylic oxidation sites excluding steroid dienone is 1. The second-order valence-electron chi connectivity index (χ2n) is 21.5. The summed E-state index contributed by atoms with van der Waals surface area (Å²) < 4.78 is 11.7. The van der Waals surface area contributed by atoms with E-state index in [4.69, 9.17) is 9.47 Å². The summed E-state index contributed by atoms with van der Waals surface area (Å²) in [6, 6.07) is 0. The molecule has 0 bridgehead atoms. The number of carbonyl (C=O) groups is 2. The maximum Gasteiger partial charge on any atom is 0.306 e. The van der Waals surface area contributed by atoms with E-state index in [0.29, 0.717) is 43.3 Å². The van der Waals surface area contributed by atoms with Crippen molar-refractivity contribution in [1.82, 2.24) is 4.90 Å². The number of nitrogens with zero attached hydrogens (tertiary/aromatic N) is 1. The molecule has 0 saturated carbocycles. The van der Waals surface area contributed by atoms with Crippen molar-refractivity contribution in [3.8, 4) is 0 Å². The zero-order valence-corrected chi connectivity index (χ0v) is 48.8. The van der Waals surface area contributed by atoms with Crippen LogP contribution in [0.25, 0.3) is 0 Å². The lowest BCUT2D eigenvalue weighted by Crippen LogP contribution is -2.37. The zero-order chi connectivity index (χ0) is 53.1. The Hall–Kier alpha value is -2.68. The van der Waals surface area contributed by atoms with Gasteiger partial charge in [0.1, 0.15) is 17.5 Å². The SMILES string of the molecule is C=C(CC)CCCCCCC.CCCCCCCCC(CCCCCCCC)OC(=O)CCCCCCCN(CCCCCCCC(=O)OCC(CC)CCCCCCC)CCCNc1c(NC)c(=O)c1=O. The summed E-state index contributed by atoms with van der Waals surface area (Å²) in [6.07, 6.45) is 47.9. The molecule has 0 aliphatic carbocycles. The number of esters is 2. The standard InChI is InChI=1S/C52H97N3O6.C11H22/c1-6-10-13-16-21-28-36-46(37-29-22-17-14-11-7-2)61-48(57)39-31-24-19-26-33-42-55(43-34-40-54-50-49(53-5)51(58)52(50)59)41-32-25-18-23-30-38-47(56)60-44-45(9-4)35-27-20-15-12-8-3;1-4-6-7-8-9-10-11(3)5-2/h45-46,53-54H,6-44H2,1-5H3;3-10H2,1-2H3. The molecule has 0 fully saturated rings. The van der Waals surface area contributed by atoms with E-state index in [-0.39, 0.29) is 18.0 Å². The minimum absolute atomic E-state index is 0.00355. The molecule has 0 saturated heterocycles. The fraction of sp³-hybridized carbons (Fsp3) is 0.873. The maximum absolute atomic E-state index is 12.9. The normalized spacial score (nSPS) is 11.8. The minimum Gasteiger partial charge on any atom is -0.465 e. The lowest BCUT2D eigenvalue weighted by atomic mass is 9.99. The zero-order valence-electron chi connectivity index (χ0n) is 48.8. The molecule has 0 spiro atoms. The fourth-order valence-electron chi connectivity index (χ4n) is 9.61. The molecule has 1 aromatic rings. The van der Waals surface area contributed by atoms with Gasteiger partial charge in [-0.3, -0.25) is 19.2 Å². The number of hydrogen-bond acceptors (Lipinski definition) is 9. The van der Waals surface area contributed by atoms with Gasteiger partial charge in [-0.05, 0) is 109 Å². The predicted octanol–water partition coefficient (Wildman–Crippen LogP) is 17.8. The van der Waals surface area contributed by atoms with Crippen molar-refractivity contribution in [2.75, 3.05) is 50.5 Å². The molecule has 72 heavy (non-hydrogen) atoms. The summed E-state index contributed by atoms with van der Waals surface area (Å²) in [4.78, 5) is 51.6. The molecule has 0 radical (unpaired) electrons. The number of unbranched alkanes of at least 4 members (excludes halogenated alkanes) is 26. The van der Waals surface area contributed by atoms with Crippen LogP contribution < -0.4 is 21.5 Å². The summed E-state index contributed by atoms with van der Waals surface area (Å²) in [5.74, 6) is 0.446.